The van der Waals surface area contributed by atoms with E-state index in [1.807, 2.05) is 0 Å². The lowest BCUT2D eigenvalue weighted by Gasteiger charge is -2.17. The zero-order valence-electron chi connectivity index (χ0n) is 8.71. The van der Waals surface area contributed by atoms with Crippen LogP contribution in [0.5, 0.6) is 0 Å². The molecule has 0 spiro atoms. The van der Waals surface area contributed by atoms with E-state index in [1.54, 1.807) is 11.8 Å². The van der Waals surface area contributed by atoms with Gasteiger partial charge in [-0.25, -0.2) is 9.98 Å². The molecule has 2 unspecified atom stereocenters. The van der Waals surface area contributed by atoms with Gasteiger partial charge in [-0.3, -0.25) is 4.99 Å². The third kappa shape index (κ3) is 2.09. The number of amidine groups is 1. The van der Waals surface area contributed by atoms with Crippen molar-refractivity contribution in [1.82, 2.24) is 0 Å². The fourth-order valence-corrected chi connectivity index (χ4v) is 2.28. The Balaban J connectivity index is 2.19. The van der Waals surface area contributed by atoms with E-state index >= 15 is 0 Å². The Labute approximate surface area is 92.7 Å². The van der Waals surface area contributed by atoms with E-state index in [0.717, 1.165) is 11.5 Å². The fourth-order valence-electron chi connectivity index (χ4n) is 1.26. The van der Waals surface area contributed by atoms with Crippen LogP contribution in [0.1, 0.15) is 20.3 Å². The van der Waals surface area contributed by atoms with Crippen molar-refractivity contribution >= 4 is 34.9 Å². The first kappa shape index (κ1) is 10.4. The lowest BCUT2D eigenvalue weighted by atomic mass is 10.3. The van der Waals surface area contributed by atoms with Crippen molar-refractivity contribution < 1.29 is 0 Å². The second-order valence-electron chi connectivity index (χ2n) is 3.41. The molecule has 80 valence electrons. The van der Waals surface area contributed by atoms with Gasteiger partial charge in [0.1, 0.15) is 11.4 Å². The minimum atomic E-state index is -0.115. The highest BCUT2D eigenvalue weighted by Crippen LogP contribution is 2.23. The number of thioether (sulfide) groups is 1. The molecule has 0 saturated heterocycles. The predicted molar refractivity (Wildman–Crippen MR) is 66.1 cm³/mol. The maximum atomic E-state index is 5.61. The van der Waals surface area contributed by atoms with E-state index in [9.17, 15) is 0 Å². The van der Waals surface area contributed by atoms with Crippen LogP contribution in [0.15, 0.2) is 20.0 Å². The van der Waals surface area contributed by atoms with E-state index in [2.05, 4.69) is 33.8 Å². The van der Waals surface area contributed by atoms with Crippen LogP contribution in [0.25, 0.3) is 0 Å². The molecule has 2 aliphatic rings. The van der Waals surface area contributed by atoms with Crippen molar-refractivity contribution in [2.24, 2.45) is 25.7 Å². The molecule has 2 rings (SSSR count). The standard InChI is InChI=1S/C9H13N5S/c1-3-5(2)15-8-6-7(12-4-11-6)13-9(10)14-8/h4-6H,3H2,1-2H3,(H2,10,11,12,13). The zero-order valence-corrected chi connectivity index (χ0v) is 9.53. The minimum absolute atomic E-state index is 0.115. The summed E-state index contributed by atoms with van der Waals surface area (Å²) in [5, 5.41) is 1.41. The molecule has 0 aromatic carbocycles. The first-order valence-corrected chi connectivity index (χ1v) is 5.77. The lowest BCUT2D eigenvalue weighted by molar-refractivity contribution is 0.910. The van der Waals surface area contributed by atoms with Gasteiger partial charge in [0.15, 0.2) is 11.9 Å². The highest BCUT2D eigenvalue weighted by Gasteiger charge is 2.29. The third-order valence-electron chi connectivity index (χ3n) is 2.23. The van der Waals surface area contributed by atoms with Crippen LogP contribution < -0.4 is 5.73 Å². The number of nitrogens with two attached hydrogens (primary N) is 1. The summed E-state index contributed by atoms with van der Waals surface area (Å²) < 4.78 is 0. The summed E-state index contributed by atoms with van der Waals surface area (Å²) in [5.41, 5.74) is 5.61. The van der Waals surface area contributed by atoms with Gasteiger partial charge in [0.05, 0.1) is 0 Å². The van der Waals surface area contributed by atoms with Gasteiger partial charge in [0, 0.05) is 5.25 Å². The Bertz CT molecular complexity index is 382. The topological polar surface area (TPSA) is 75.5 Å². The molecular weight excluding hydrogens is 210 g/mol. The number of nitrogens with zero attached hydrogens (tertiary/aromatic N) is 4. The molecule has 0 aromatic heterocycles. The normalized spacial score (nSPS) is 25.5. The average Bonchev–Trinajstić information content (AvgIpc) is 2.65. The van der Waals surface area contributed by atoms with Crippen molar-refractivity contribution in [3.8, 4) is 0 Å². The van der Waals surface area contributed by atoms with Gasteiger partial charge in [-0.1, -0.05) is 13.8 Å². The summed E-state index contributed by atoms with van der Waals surface area (Å²) in [6.07, 6.45) is 2.61. The van der Waals surface area contributed by atoms with E-state index in [-0.39, 0.29) is 12.0 Å². The molecule has 0 saturated carbocycles. The van der Waals surface area contributed by atoms with Crippen LogP contribution in [0.2, 0.25) is 0 Å². The highest BCUT2D eigenvalue weighted by molar-refractivity contribution is 8.14. The smallest absolute Gasteiger partial charge is 0.222 e. The van der Waals surface area contributed by atoms with Crippen molar-refractivity contribution in [2.75, 3.05) is 0 Å². The van der Waals surface area contributed by atoms with Crippen LogP contribution in [-0.2, 0) is 0 Å². The second-order valence-corrected chi connectivity index (χ2v) is 4.87. The molecule has 0 bridgehead atoms. The maximum Gasteiger partial charge on any atom is 0.222 e. The minimum Gasteiger partial charge on any atom is -0.368 e. The molecule has 0 radical (unpaired) electrons. The summed E-state index contributed by atoms with van der Waals surface area (Å²) in [6, 6.07) is -0.115. The Kier molecular flexibility index (Phi) is 2.86. The Morgan fingerprint density at radius 1 is 1.53 bits per heavy atom. The number of rotatable bonds is 2. The largest absolute Gasteiger partial charge is 0.368 e. The number of aliphatic imine (C=N–C) groups is 4. The molecule has 2 N–H and O–H groups in total. The Morgan fingerprint density at radius 2 is 2.33 bits per heavy atom. The zero-order chi connectivity index (χ0) is 10.8. The van der Waals surface area contributed by atoms with Crippen LogP contribution >= 0.6 is 11.8 Å². The number of guanidine groups is 1. The van der Waals surface area contributed by atoms with Gasteiger partial charge in [0.25, 0.3) is 0 Å². The maximum absolute atomic E-state index is 5.61. The highest BCUT2D eigenvalue weighted by atomic mass is 32.2. The predicted octanol–water partition coefficient (Wildman–Crippen LogP) is 1.05. The van der Waals surface area contributed by atoms with Gasteiger partial charge < -0.3 is 5.73 Å². The molecule has 15 heavy (non-hydrogen) atoms. The molecule has 0 aliphatic carbocycles. The summed E-state index contributed by atoms with van der Waals surface area (Å²) in [6.45, 7) is 4.30. The van der Waals surface area contributed by atoms with Crippen molar-refractivity contribution in [3.05, 3.63) is 0 Å². The van der Waals surface area contributed by atoms with Crippen LogP contribution in [0.3, 0.4) is 0 Å². The van der Waals surface area contributed by atoms with E-state index in [0.29, 0.717) is 11.1 Å². The fraction of sp³-hybridized carbons (Fsp3) is 0.556. The van der Waals surface area contributed by atoms with Gasteiger partial charge in [0.2, 0.25) is 5.96 Å². The van der Waals surface area contributed by atoms with Gasteiger partial charge >= 0.3 is 0 Å². The summed E-state index contributed by atoms with van der Waals surface area (Å²) in [7, 11) is 0. The summed E-state index contributed by atoms with van der Waals surface area (Å²) in [4.78, 5) is 16.5. The Morgan fingerprint density at radius 3 is 3.07 bits per heavy atom. The molecule has 0 fully saturated rings. The molecule has 5 nitrogen and oxygen atoms in total. The summed E-state index contributed by atoms with van der Waals surface area (Å²) in [5.74, 6) is 0.939. The van der Waals surface area contributed by atoms with Gasteiger partial charge in [-0.05, 0) is 6.42 Å². The molecule has 2 heterocycles. The lowest BCUT2D eigenvalue weighted by Crippen LogP contribution is -2.32. The molecule has 0 aromatic rings. The first-order valence-electron chi connectivity index (χ1n) is 4.89. The quantitative estimate of drug-likeness (QED) is 0.759. The van der Waals surface area contributed by atoms with Crippen LogP contribution in [0, 0.1) is 0 Å². The number of fused-ring (bicyclic) bond motifs is 1. The monoisotopic (exact) mass is 223 g/mol. The van der Waals surface area contributed by atoms with Crippen molar-refractivity contribution in [3.63, 3.8) is 0 Å². The van der Waals surface area contributed by atoms with E-state index in [4.69, 9.17) is 5.73 Å². The third-order valence-corrected chi connectivity index (χ3v) is 3.53. The Hall–Kier alpha value is -1.17. The van der Waals surface area contributed by atoms with Crippen LogP contribution in [0.4, 0.5) is 0 Å². The van der Waals surface area contributed by atoms with Crippen LogP contribution in [-0.4, -0.2) is 34.5 Å². The number of hydrogen-bond acceptors (Lipinski definition) is 6. The first-order chi connectivity index (χ1) is 7.20. The van der Waals surface area contributed by atoms with Crippen molar-refractivity contribution in [1.29, 1.82) is 0 Å². The van der Waals surface area contributed by atoms with E-state index < -0.39 is 0 Å². The SMILES string of the molecule is CCC(C)SC1=NC(N)=NC2=NC=NC21. The molecule has 0 amide bonds. The second kappa shape index (κ2) is 4.14. The van der Waals surface area contributed by atoms with Gasteiger partial charge in [-0.2, -0.15) is 4.99 Å². The molecule has 2 atom stereocenters. The average molecular weight is 223 g/mol. The molecular formula is C9H13N5S. The van der Waals surface area contributed by atoms with Crippen molar-refractivity contribution in [2.45, 2.75) is 31.6 Å². The summed E-state index contributed by atoms with van der Waals surface area (Å²) >= 11 is 1.70. The van der Waals surface area contributed by atoms with Gasteiger partial charge in [-0.15, -0.1) is 11.8 Å². The molecule has 2 aliphatic heterocycles. The van der Waals surface area contributed by atoms with E-state index in [1.165, 1.54) is 6.34 Å². The molecule has 6 heteroatoms. The number of hydrogen-bond donors (Lipinski definition) is 1.